The minimum Gasteiger partial charge on any atom is -0.493 e. The van der Waals surface area contributed by atoms with Gasteiger partial charge in [-0.3, -0.25) is 4.79 Å². The van der Waals surface area contributed by atoms with Gasteiger partial charge in [0.2, 0.25) is 11.5 Å². The first-order chi connectivity index (χ1) is 12.6. The number of rotatable bonds is 7. The van der Waals surface area contributed by atoms with Crippen molar-refractivity contribution in [3.05, 3.63) is 48.4 Å². The Balaban J connectivity index is 1.66. The Morgan fingerprint density at radius 1 is 1.27 bits per heavy atom. The average molecular weight is 358 g/mol. The van der Waals surface area contributed by atoms with E-state index in [9.17, 15) is 4.79 Å². The molecule has 0 spiro atoms. The molecule has 140 valence electrons. The van der Waals surface area contributed by atoms with Crippen LogP contribution in [0.15, 0.2) is 48.4 Å². The Bertz CT molecular complexity index is 693. The van der Waals surface area contributed by atoms with Crippen LogP contribution in [0.25, 0.3) is 0 Å². The van der Waals surface area contributed by atoms with E-state index in [2.05, 4.69) is 6.58 Å². The summed E-state index contributed by atoms with van der Waals surface area (Å²) in [6.45, 7) is 8.78. The van der Waals surface area contributed by atoms with Gasteiger partial charge in [0.15, 0.2) is 11.5 Å². The van der Waals surface area contributed by atoms with Crippen molar-refractivity contribution in [2.24, 2.45) is 5.92 Å². The summed E-state index contributed by atoms with van der Waals surface area (Å²) in [5.41, 5.74) is 0.997. The first-order valence-electron chi connectivity index (χ1n) is 9.14. The number of ether oxygens (including phenoxy) is 4. The molecule has 0 saturated heterocycles. The molecule has 26 heavy (non-hydrogen) atoms. The predicted molar refractivity (Wildman–Crippen MR) is 98.1 cm³/mol. The van der Waals surface area contributed by atoms with E-state index in [0.29, 0.717) is 31.1 Å². The summed E-state index contributed by atoms with van der Waals surface area (Å²) >= 11 is 0. The lowest BCUT2D eigenvalue weighted by molar-refractivity contribution is -0.133. The highest BCUT2D eigenvalue weighted by Gasteiger charge is 2.41. The number of ketones is 1. The van der Waals surface area contributed by atoms with Crippen molar-refractivity contribution >= 4 is 5.78 Å². The molecule has 1 aromatic carbocycles. The Kier molecular flexibility index (Phi) is 5.99. The molecule has 1 aliphatic carbocycles. The zero-order valence-corrected chi connectivity index (χ0v) is 15.4. The average Bonchev–Trinajstić information content (AvgIpc) is 2.64. The fourth-order valence-corrected chi connectivity index (χ4v) is 3.35. The van der Waals surface area contributed by atoms with Gasteiger partial charge < -0.3 is 18.9 Å². The van der Waals surface area contributed by atoms with Gasteiger partial charge in [0.05, 0.1) is 25.2 Å². The lowest BCUT2D eigenvalue weighted by Crippen LogP contribution is -2.42. The molecule has 1 heterocycles. The molecule has 3 unspecified atom stereocenters. The van der Waals surface area contributed by atoms with E-state index in [1.54, 1.807) is 6.07 Å². The van der Waals surface area contributed by atoms with Crippen LogP contribution in [0, 0.1) is 5.92 Å². The zero-order valence-electron chi connectivity index (χ0n) is 15.4. The van der Waals surface area contributed by atoms with Crippen LogP contribution in [0.1, 0.15) is 33.1 Å². The number of benzene rings is 1. The predicted octanol–water partition coefficient (Wildman–Crippen LogP) is 4.03. The topological polar surface area (TPSA) is 54.0 Å². The molecule has 1 fully saturated rings. The molecule has 0 bridgehead atoms. The number of para-hydroxylation sites is 2. The monoisotopic (exact) mass is 358 g/mol. The maximum absolute atomic E-state index is 12.8. The molecule has 5 nitrogen and oxygen atoms in total. The highest BCUT2D eigenvalue weighted by molar-refractivity contribution is 5.96. The summed E-state index contributed by atoms with van der Waals surface area (Å²) in [6.07, 6.45) is 3.68. The largest absolute Gasteiger partial charge is 0.493 e. The summed E-state index contributed by atoms with van der Waals surface area (Å²) < 4.78 is 23.0. The summed E-state index contributed by atoms with van der Waals surface area (Å²) in [5, 5.41) is 0. The highest BCUT2D eigenvalue weighted by Crippen LogP contribution is 2.36. The maximum atomic E-state index is 12.8. The van der Waals surface area contributed by atoms with Crippen molar-refractivity contribution < 1.29 is 23.7 Å². The number of carbonyl (C=O) groups is 1. The van der Waals surface area contributed by atoms with Gasteiger partial charge in [-0.15, -0.1) is 0 Å². The van der Waals surface area contributed by atoms with E-state index >= 15 is 0 Å². The Morgan fingerprint density at radius 2 is 2.04 bits per heavy atom. The van der Waals surface area contributed by atoms with Crippen LogP contribution < -0.4 is 9.47 Å². The van der Waals surface area contributed by atoms with Gasteiger partial charge in [-0.1, -0.05) is 24.3 Å². The highest BCUT2D eigenvalue weighted by atomic mass is 16.5. The van der Waals surface area contributed by atoms with Gasteiger partial charge in [0.25, 0.3) is 0 Å². The third-order valence-electron chi connectivity index (χ3n) is 4.61. The van der Waals surface area contributed by atoms with Gasteiger partial charge in [0, 0.05) is 6.42 Å². The molecule has 0 aromatic heterocycles. The molecule has 1 aliphatic heterocycles. The van der Waals surface area contributed by atoms with Crippen LogP contribution >= 0.6 is 0 Å². The normalized spacial score (nSPS) is 24.9. The molecular weight excluding hydrogens is 332 g/mol. The second-order valence-corrected chi connectivity index (χ2v) is 6.81. The van der Waals surface area contributed by atoms with Crippen LogP contribution in [0.5, 0.6) is 11.5 Å². The Hall–Kier alpha value is -2.27. The van der Waals surface area contributed by atoms with E-state index in [0.717, 1.165) is 18.4 Å². The molecule has 0 amide bonds. The third kappa shape index (κ3) is 4.28. The van der Waals surface area contributed by atoms with Crippen LogP contribution in [-0.2, 0) is 14.3 Å². The number of fused-ring (bicyclic) bond motifs is 1. The quantitative estimate of drug-likeness (QED) is 0.689. The van der Waals surface area contributed by atoms with E-state index in [4.69, 9.17) is 18.9 Å². The van der Waals surface area contributed by atoms with Crippen molar-refractivity contribution in [3.63, 3.8) is 0 Å². The second kappa shape index (κ2) is 8.41. The van der Waals surface area contributed by atoms with E-state index < -0.39 is 0 Å². The van der Waals surface area contributed by atoms with Gasteiger partial charge in [-0.2, -0.15) is 0 Å². The minimum absolute atomic E-state index is 0.00842. The lowest BCUT2D eigenvalue weighted by atomic mass is 9.80. The molecule has 3 atom stereocenters. The molecular formula is C21H26O5. The van der Waals surface area contributed by atoms with Crippen LogP contribution in [-0.4, -0.2) is 31.2 Å². The Morgan fingerprint density at radius 3 is 2.77 bits per heavy atom. The summed E-state index contributed by atoms with van der Waals surface area (Å²) in [7, 11) is 0. The first-order valence-corrected chi connectivity index (χ1v) is 9.14. The van der Waals surface area contributed by atoms with Gasteiger partial charge in [-0.05, 0) is 38.8 Å². The van der Waals surface area contributed by atoms with E-state index in [1.807, 2.05) is 32.0 Å². The van der Waals surface area contributed by atoms with E-state index in [-0.39, 0.29) is 29.7 Å². The number of carbonyl (C=O) groups excluding carboxylic acids is 1. The molecule has 0 radical (unpaired) electrons. The smallest absolute Gasteiger partial charge is 0.208 e. The van der Waals surface area contributed by atoms with Crippen molar-refractivity contribution in [1.29, 1.82) is 0 Å². The van der Waals surface area contributed by atoms with Gasteiger partial charge >= 0.3 is 0 Å². The first kappa shape index (κ1) is 18.5. The molecule has 5 heteroatoms. The summed E-state index contributed by atoms with van der Waals surface area (Å²) in [6, 6.07) is 7.32. The van der Waals surface area contributed by atoms with Gasteiger partial charge in [-0.25, -0.2) is 0 Å². The number of hydrogen-bond donors (Lipinski definition) is 0. The summed E-state index contributed by atoms with van der Waals surface area (Å²) in [5.74, 6) is 1.18. The maximum Gasteiger partial charge on any atom is 0.208 e. The van der Waals surface area contributed by atoms with Crippen molar-refractivity contribution in [2.75, 3.05) is 13.2 Å². The molecule has 1 saturated carbocycles. The van der Waals surface area contributed by atoms with Crippen molar-refractivity contribution in [3.8, 4) is 11.5 Å². The van der Waals surface area contributed by atoms with E-state index in [1.165, 1.54) is 6.26 Å². The zero-order chi connectivity index (χ0) is 18.5. The van der Waals surface area contributed by atoms with Crippen LogP contribution in [0.4, 0.5) is 0 Å². The fourth-order valence-electron chi connectivity index (χ4n) is 3.35. The Labute approximate surface area is 154 Å². The van der Waals surface area contributed by atoms with Gasteiger partial charge in [0.1, 0.15) is 12.4 Å². The van der Waals surface area contributed by atoms with Crippen LogP contribution in [0.2, 0.25) is 0 Å². The SMILES string of the molecule is C=C(C)COC1CCC2C(=O)C(Oc3ccccc3OCC)=COC2C1. The third-order valence-corrected chi connectivity index (χ3v) is 4.61. The molecule has 0 N–H and O–H groups in total. The second-order valence-electron chi connectivity index (χ2n) is 6.81. The molecule has 1 aromatic rings. The van der Waals surface area contributed by atoms with Crippen LogP contribution in [0.3, 0.4) is 0 Å². The minimum atomic E-state index is -0.182. The fraction of sp³-hybridized carbons (Fsp3) is 0.476. The molecule has 2 aliphatic rings. The van der Waals surface area contributed by atoms with Crippen molar-refractivity contribution in [2.45, 2.75) is 45.3 Å². The number of Topliss-reactive ketones (excluding diaryl/α,β-unsaturated/α-hetero) is 1. The lowest BCUT2D eigenvalue weighted by Gasteiger charge is -2.37. The number of allylic oxidation sites excluding steroid dienone is 1. The number of hydrogen-bond acceptors (Lipinski definition) is 5. The standard InChI is InChI=1S/C21H26O5/c1-4-23-17-7-5-6-8-18(17)26-20-13-25-19-11-15(24-12-14(2)3)9-10-16(19)21(20)22/h5-8,13,15-16,19H,2,4,9-12H2,1,3H3. The summed E-state index contributed by atoms with van der Waals surface area (Å²) in [4.78, 5) is 12.8. The van der Waals surface area contributed by atoms with Crippen molar-refractivity contribution in [1.82, 2.24) is 0 Å². The molecule has 3 rings (SSSR count).